The molecule has 0 aromatic carbocycles. The molecule has 1 unspecified atom stereocenters. The fourth-order valence-electron chi connectivity index (χ4n) is 8.70. The fraction of sp³-hybridized carbons (Fsp3) is 0.653. The molecular weight excluding hydrogens is 961 g/mol. The average Bonchev–Trinajstić information content (AvgIpc) is 3.44. The number of esters is 3. The number of rotatable bonds is 57. The van der Waals surface area contributed by atoms with Crippen molar-refractivity contribution in [2.75, 3.05) is 13.2 Å². The Kier molecular flexibility index (Phi) is 61.4. The second kappa shape index (κ2) is 65.1. The molecule has 0 saturated carbocycles. The van der Waals surface area contributed by atoms with E-state index in [0.29, 0.717) is 12.8 Å². The van der Waals surface area contributed by atoms with Gasteiger partial charge in [0.15, 0.2) is 6.10 Å². The minimum absolute atomic E-state index is 0.0945. The number of carbonyl (C=O) groups excluding carboxylic acids is 3. The van der Waals surface area contributed by atoms with Crippen LogP contribution in [0.5, 0.6) is 0 Å². The van der Waals surface area contributed by atoms with E-state index in [2.05, 4.69) is 142 Å². The lowest BCUT2D eigenvalue weighted by molar-refractivity contribution is -0.166. The number of unbranched alkanes of at least 4 members (excludes halogenated alkanes) is 25. The van der Waals surface area contributed by atoms with Crippen molar-refractivity contribution < 1.29 is 28.6 Å². The van der Waals surface area contributed by atoms with Crippen LogP contribution in [0.25, 0.3) is 0 Å². The van der Waals surface area contributed by atoms with Gasteiger partial charge in [-0.1, -0.05) is 302 Å². The first-order valence-corrected chi connectivity index (χ1v) is 32.2. The van der Waals surface area contributed by atoms with Gasteiger partial charge in [-0.3, -0.25) is 14.4 Å². The lowest BCUT2D eigenvalue weighted by Gasteiger charge is -2.18. The van der Waals surface area contributed by atoms with E-state index in [9.17, 15) is 14.4 Å². The first-order chi connectivity index (χ1) is 38.5. The summed E-state index contributed by atoms with van der Waals surface area (Å²) < 4.78 is 16.8. The minimum Gasteiger partial charge on any atom is -0.462 e. The second-order valence-electron chi connectivity index (χ2n) is 20.9. The van der Waals surface area contributed by atoms with Crippen LogP contribution in [0.2, 0.25) is 0 Å². The topological polar surface area (TPSA) is 78.9 Å². The van der Waals surface area contributed by atoms with E-state index in [0.717, 1.165) is 109 Å². The third-order valence-electron chi connectivity index (χ3n) is 13.4. The molecule has 6 nitrogen and oxygen atoms in total. The second-order valence-corrected chi connectivity index (χ2v) is 20.9. The van der Waals surface area contributed by atoms with Crippen LogP contribution in [0.15, 0.2) is 134 Å². The Hall–Kier alpha value is -4.45. The van der Waals surface area contributed by atoms with E-state index in [1.165, 1.54) is 135 Å². The van der Waals surface area contributed by atoms with Crippen molar-refractivity contribution in [2.45, 2.75) is 290 Å². The first-order valence-electron chi connectivity index (χ1n) is 32.2. The molecule has 0 spiro atoms. The summed E-state index contributed by atoms with van der Waals surface area (Å²) in [7, 11) is 0. The van der Waals surface area contributed by atoms with Gasteiger partial charge in [-0.25, -0.2) is 0 Å². The van der Waals surface area contributed by atoms with Gasteiger partial charge in [0.2, 0.25) is 0 Å². The van der Waals surface area contributed by atoms with Crippen molar-refractivity contribution in [1.82, 2.24) is 0 Å². The molecule has 0 radical (unpaired) electrons. The van der Waals surface area contributed by atoms with Gasteiger partial charge in [0, 0.05) is 12.8 Å². The van der Waals surface area contributed by atoms with Crippen LogP contribution in [0, 0.1) is 0 Å². The van der Waals surface area contributed by atoms with Gasteiger partial charge in [0.05, 0.1) is 6.42 Å². The predicted octanol–water partition coefficient (Wildman–Crippen LogP) is 22.2. The van der Waals surface area contributed by atoms with Crippen molar-refractivity contribution in [3.63, 3.8) is 0 Å². The van der Waals surface area contributed by atoms with E-state index in [4.69, 9.17) is 14.2 Å². The summed E-state index contributed by atoms with van der Waals surface area (Å²) in [6.07, 6.45) is 92.1. The number of ether oxygens (including phenoxy) is 3. The Morgan fingerprint density at radius 2 is 0.538 bits per heavy atom. The Morgan fingerprint density at radius 1 is 0.282 bits per heavy atom. The molecule has 0 aliphatic rings. The molecule has 0 aromatic heterocycles. The van der Waals surface area contributed by atoms with Crippen LogP contribution in [0.4, 0.5) is 0 Å². The number of allylic oxidation sites excluding steroid dienone is 21. The van der Waals surface area contributed by atoms with Gasteiger partial charge in [0.1, 0.15) is 13.2 Å². The summed E-state index contributed by atoms with van der Waals surface area (Å²) in [6, 6.07) is 0. The van der Waals surface area contributed by atoms with E-state index in [-0.39, 0.29) is 31.6 Å². The lowest BCUT2D eigenvalue weighted by Crippen LogP contribution is -2.30. The molecule has 78 heavy (non-hydrogen) atoms. The molecule has 442 valence electrons. The fourth-order valence-corrected chi connectivity index (χ4v) is 8.70. The zero-order valence-electron chi connectivity index (χ0n) is 50.6. The van der Waals surface area contributed by atoms with Crippen LogP contribution >= 0.6 is 0 Å². The van der Waals surface area contributed by atoms with E-state index >= 15 is 0 Å². The highest BCUT2D eigenvalue weighted by molar-refractivity contribution is 5.72. The molecule has 6 heteroatoms. The molecule has 0 aliphatic carbocycles. The molecule has 0 amide bonds. The van der Waals surface area contributed by atoms with Gasteiger partial charge < -0.3 is 14.2 Å². The molecule has 0 saturated heterocycles. The quantitative estimate of drug-likeness (QED) is 0.0261. The monoisotopic (exact) mass is 1080 g/mol. The van der Waals surface area contributed by atoms with Gasteiger partial charge in [-0.05, 0) is 96.3 Å². The highest BCUT2D eigenvalue weighted by Crippen LogP contribution is 2.16. The first kappa shape index (κ1) is 73.5. The third-order valence-corrected chi connectivity index (χ3v) is 13.4. The molecule has 1 atom stereocenters. The summed E-state index contributed by atoms with van der Waals surface area (Å²) in [4.78, 5) is 38.2. The summed E-state index contributed by atoms with van der Waals surface area (Å²) in [5.41, 5.74) is 0. The summed E-state index contributed by atoms with van der Waals surface area (Å²) >= 11 is 0. The minimum atomic E-state index is -0.835. The molecule has 0 bridgehead atoms. The van der Waals surface area contributed by atoms with Crippen molar-refractivity contribution in [2.24, 2.45) is 0 Å². The molecular formula is C72H118O6. The van der Waals surface area contributed by atoms with Crippen molar-refractivity contribution in [1.29, 1.82) is 0 Å². The van der Waals surface area contributed by atoms with Crippen LogP contribution in [0.1, 0.15) is 284 Å². The molecule has 0 rings (SSSR count). The molecule has 0 aromatic rings. The van der Waals surface area contributed by atoms with Gasteiger partial charge >= 0.3 is 17.9 Å². The standard InChI is InChI=1S/C72H118O6/c1-4-7-10-13-16-19-22-25-28-29-30-31-32-33-34-35-36-37-38-39-40-41-42-43-45-47-50-53-56-59-62-65-71(74)77-68-69(67-76-70(73)64-61-58-55-52-49-46-27-24-21-18-15-12-9-6-3)78-72(75)66-63-60-57-54-51-48-44-26-23-20-17-14-11-8-5-2/h7-8,10-11,16-17,19-20,25-26,28,30-31,33-34,36-37,44,51,54,60,63,69H,4-6,9,12-15,18,21-24,27,29,32,35,38-43,45-50,52-53,55-59,61-62,64-68H2,1-3H3/b10-7-,11-8-,19-16-,20-17-,28-25-,31-30-,34-33-,37-36-,44-26-,54-51-,63-60-. The summed E-state index contributed by atoms with van der Waals surface area (Å²) in [5.74, 6) is -1.05. The zero-order chi connectivity index (χ0) is 56.4. The van der Waals surface area contributed by atoms with Crippen LogP contribution in [-0.4, -0.2) is 37.2 Å². The summed E-state index contributed by atoms with van der Waals surface area (Å²) in [5, 5.41) is 0. The van der Waals surface area contributed by atoms with Gasteiger partial charge in [-0.15, -0.1) is 0 Å². The van der Waals surface area contributed by atoms with Gasteiger partial charge in [0.25, 0.3) is 0 Å². The smallest absolute Gasteiger partial charge is 0.310 e. The van der Waals surface area contributed by atoms with Crippen LogP contribution in [-0.2, 0) is 28.6 Å². The van der Waals surface area contributed by atoms with Crippen molar-refractivity contribution >= 4 is 17.9 Å². The zero-order valence-corrected chi connectivity index (χ0v) is 50.6. The normalized spacial score (nSPS) is 13.0. The molecule has 0 N–H and O–H groups in total. The number of hydrogen-bond acceptors (Lipinski definition) is 6. The molecule has 0 aliphatic heterocycles. The van der Waals surface area contributed by atoms with E-state index < -0.39 is 12.1 Å². The van der Waals surface area contributed by atoms with Crippen LogP contribution in [0.3, 0.4) is 0 Å². The van der Waals surface area contributed by atoms with Crippen molar-refractivity contribution in [3.8, 4) is 0 Å². The molecule has 0 heterocycles. The maximum Gasteiger partial charge on any atom is 0.310 e. The maximum atomic E-state index is 12.8. The highest BCUT2D eigenvalue weighted by Gasteiger charge is 2.19. The van der Waals surface area contributed by atoms with Gasteiger partial charge in [-0.2, -0.15) is 0 Å². The Bertz CT molecular complexity index is 1670. The van der Waals surface area contributed by atoms with E-state index in [1.807, 2.05) is 6.08 Å². The highest BCUT2D eigenvalue weighted by atomic mass is 16.6. The number of carbonyl (C=O) groups is 3. The molecule has 0 fully saturated rings. The van der Waals surface area contributed by atoms with Crippen molar-refractivity contribution in [3.05, 3.63) is 134 Å². The predicted molar refractivity (Wildman–Crippen MR) is 339 cm³/mol. The lowest BCUT2D eigenvalue weighted by atomic mass is 10.0. The van der Waals surface area contributed by atoms with E-state index in [1.54, 1.807) is 6.08 Å². The summed E-state index contributed by atoms with van der Waals surface area (Å²) in [6.45, 7) is 6.34. The Labute approximate surface area is 481 Å². The Balaban J connectivity index is 4.31. The third kappa shape index (κ3) is 62.4. The maximum absolute atomic E-state index is 12.8. The number of hydrogen-bond donors (Lipinski definition) is 0. The SMILES string of the molecule is CC/C=C\C/C=C\C/C=C\C/C=C\C/C=C\C/C=C\CCCCCCCCCCCCCCC(=O)OCC(COC(=O)CCCCCCCCCCCCCCCC)OC(=O)C/C=C\C/C=C\C/C=C\C/C=C\C/C=C\CC. The largest absolute Gasteiger partial charge is 0.462 e. The van der Waals surface area contributed by atoms with Crippen LogP contribution < -0.4 is 0 Å². The Morgan fingerprint density at radius 3 is 0.846 bits per heavy atom. The average molecular weight is 1080 g/mol.